The number of carbonyl (C=O) groups is 2. The monoisotopic (exact) mass is 335 g/mol. The van der Waals surface area contributed by atoms with Crippen molar-refractivity contribution in [1.82, 2.24) is 4.90 Å². The second-order valence-corrected chi connectivity index (χ2v) is 6.55. The molecule has 0 aliphatic carbocycles. The van der Waals surface area contributed by atoms with Crippen LogP contribution in [0.4, 0.5) is 0 Å². The van der Waals surface area contributed by atoms with Gasteiger partial charge >= 0.3 is 5.97 Å². The number of aliphatic carboxylic acids is 1. The lowest BCUT2D eigenvalue weighted by Crippen LogP contribution is -2.41. The molecule has 0 saturated heterocycles. The van der Waals surface area contributed by atoms with Crippen molar-refractivity contribution in [2.45, 2.75) is 33.2 Å². The minimum atomic E-state index is -1.00. The van der Waals surface area contributed by atoms with E-state index in [1.165, 1.54) is 16.2 Å². The van der Waals surface area contributed by atoms with Crippen LogP contribution in [0.25, 0.3) is 10.1 Å². The van der Waals surface area contributed by atoms with Crippen LogP contribution < -0.4 is 4.74 Å². The predicted molar refractivity (Wildman–Crippen MR) is 91.5 cm³/mol. The Bertz CT molecular complexity index is 738. The molecule has 23 heavy (non-hydrogen) atoms. The van der Waals surface area contributed by atoms with Crippen molar-refractivity contribution < 1.29 is 19.4 Å². The van der Waals surface area contributed by atoms with Gasteiger partial charge in [-0.3, -0.25) is 9.59 Å². The van der Waals surface area contributed by atoms with Crippen LogP contribution in [0, 0.1) is 6.92 Å². The smallest absolute Gasteiger partial charge is 0.323 e. The summed E-state index contributed by atoms with van der Waals surface area (Å²) in [6, 6.07) is 5.56. The molecule has 1 aromatic heterocycles. The third kappa shape index (κ3) is 3.47. The van der Waals surface area contributed by atoms with Gasteiger partial charge in [-0.15, -0.1) is 11.3 Å². The first-order valence-electron chi connectivity index (χ1n) is 7.48. The van der Waals surface area contributed by atoms with Gasteiger partial charge < -0.3 is 14.7 Å². The number of methoxy groups -OCH3 is 1. The van der Waals surface area contributed by atoms with Gasteiger partial charge in [0.25, 0.3) is 5.91 Å². The zero-order valence-electron chi connectivity index (χ0n) is 13.8. The lowest BCUT2D eigenvalue weighted by molar-refractivity contribution is -0.138. The fourth-order valence-electron chi connectivity index (χ4n) is 2.46. The van der Waals surface area contributed by atoms with Crippen molar-refractivity contribution in [3.8, 4) is 5.75 Å². The Morgan fingerprint density at radius 3 is 2.65 bits per heavy atom. The van der Waals surface area contributed by atoms with Crippen molar-refractivity contribution >= 4 is 33.3 Å². The second kappa shape index (κ2) is 7.00. The Balaban J connectivity index is 2.46. The summed E-state index contributed by atoms with van der Waals surface area (Å²) in [5, 5.41) is 10.1. The van der Waals surface area contributed by atoms with Crippen LogP contribution in [0.2, 0.25) is 0 Å². The Morgan fingerprint density at radius 1 is 1.39 bits per heavy atom. The van der Waals surface area contributed by atoms with Gasteiger partial charge in [0.05, 0.1) is 12.0 Å². The van der Waals surface area contributed by atoms with E-state index in [9.17, 15) is 9.59 Å². The van der Waals surface area contributed by atoms with E-state index < -0.39 is 5.97 Å². The molecule has 1 unspecified atom stereocenters. The highest BCUT2D eigenvalue weighted by Gasteiger charge is 2.26. The zero-order valence-corrected chi connectivity index (χ0v) is 14.6. The van der Waals surface area contributed by atoms with Gasteiger partial charge in [0.2, 0.25) is 0 Å². The number of thiophene rings is 1. The van der Waals surface area contributed by atoms with Gasteiger partial charge in [-0.05, 0) is 49.4 Å². The molecule has 1 N–H and O–H groups in total. The summed E-state index contributed by atoms with van der Waals surface area (Å²) in [4.78, 5) is 26.0. The van der Waals surface area contributed by atoms with E-state index in [0.717, 1.165) is 21.4 Å². The summed E-state index contributed by atoms with van der Waals surface area (Å²) in [6.07, 6.45) is 0.705. The minimum Gasteiger partial charge on any atom is -0.497 e. The number of carboxylic acid groups (broad SMARTS) is 1. The highest BCUT2D eigenvalue weighted by molar-refractivity contribution is 7.21. The number of aryl methyl sites for hydroxylation is 1. The van der Waals surface area contributed by atoms with Gasteiger partial charge in [-0.25, -0.2) is 0 Å². The summed E-state index contributed by atoms with van der Waals surface area (Å²) in [6.45, 7) is 5.41. The maximum Gasteiger partial charge on any atom is 0.323 e. The average molecular weight is 335 g/mol. The van der Waals surface area contributed by atoms with E-state index in [1.54, 1.807) is 7.11 Å². The van der Waals surface area contributed by atoms with Crippen LogP contribution in [0.3, 0.4) is 0 Å². The van der Waals surface area contributed by atoms with Crippen molar-refractivity contribution in [1.29, 1.82) is 0 Å². The van der Waals surface area contributed by atoms with Crippen molar-refractivity contribution in [2.75, 3.05) is 13.7 Å². The second-order valence-electron chi connectivity index (χ2n) is 5.50. The van der Waals surface area contributed by atoms with E-state index in [-0.39, 0.29) is 18.5 Å². The molecule has 0 spiro atoms. The number of fused-ring (bicyclic) bond motifs is 1. The molecule has 0 fully saturated rings. The van der Waals surface area contributed by atoms with Gasteiger partial charge in [0.15, 0.2) is 0 Å². The van der Waals surface area contributed by atoms with E-state index in [2.05, 4.69) is 0 Å². The standard InChI is InChI=1S/C17H21NO4S/c1-5-10(2)18(9-15(19)20)17(21)16-11(3)13-8-12(22-4)6-7-14(13)23-16/h6-8,10H,5,9H2,1-4H3,(H,19,20). The van der Waals surface area contributed by atoms with Crippen LogP contribution in [-0.2, 0) is 4.79 Å². The fraction of sp³-hybridized carbons (Fsp3) is 0.412. The number of nitrogens with zero attached hydrogens (tertiary/aromatic N) is 1. The average Bonchev–Trinajstić information content (AvgIpc) is 2.87. The van der Waals surface area contributed by atoms with E-state index in [1.807, 2.05) is 39.0 Å². The SMILES string of the molecule is CCC(C)N(CC(=O)O)C(=O)c1sc2ccc(OC)cc2c1C. The molecule has 6 heteroatoms. The molecule has 0 aliphatic rings. The van der Waals surface area contributed by atoms with Crippen LogP contribution in [-0.4, -0.2) is 41.6 Å². The van der Waals surface area contributed by atoms with E-state index in [0.29, 0.717) is 11.3 Å². The maximum atomic E-state index is 12.9. The number of amides is 1. The topological polar surface area (TPSA) is 66.8 Å². The molecule has 124 valence electrons. The Hall–Kier alpha value is -2.08. The van der Waals surface area contributed by atoms with Crippen molar-refractivity contribution in [3.05, 3.63) is 28.6 Å². The first-order chi connectivity index (χ1) is 10.9. The van der Waals surface area contributed by atoms with Gasteiger partial charge in [0, 0.05) is 10.7 Å². The number of carboxylic acids is 1. The summed E-state index contributed by atoms with van der Waals surface area (Å²) in [7, 11) is 1.60. The lowest BCUT2D eigenvalue weighted by atomic mass is 10.1. The summed E-state index contributed by atoms with van der Waals surface area (Å²) < 4.78 is 6.23. The molecule has 1 amide bonds. The molecule has 1 atom stereocenters. The molecule has 1 aromatic carbocycles. The van der Waals surface area contributed by atoms with Gasteiger partial charge in [-0.2, -0.15) is 0 Å². The summed E-state index contributed by atoms with van der Waals surface area (Å²) in [5.74, 6) is -0.486. The molecule has 0 saturated carbocycles. The molecule has 2 aromatic rings. The number of carbonyl (C=O) groups excluding carboxylic acids is 1. The number of hydrogen-bond donors (Lipinski definition) is 1. The Morgan fingerprint density at radius 2 is 2.09 bits per heavy atom. The van der Waals surface area contributed by atoms with Gasteiger partial charge in [0.1, 0.15) is 12.3 Å². The Labute approximate surface area is 139 Å². The Kier molecular flexibility index (Phi) is 5.26. The summed E-state index contributed by atoms with van der Waals surface area (Å²) >= 11 is 1.39. The quantitative estimate of drug-likeness (QED) is 0.877. The number of benzene rings is 1. The van der Waals surface area contributed by atoms with Crippen LogP contribution >= 0.6 is 11.3 Å². The molecular formula is C17H21NO4S. The number of hydrogen-bond acceptors (Lipinski definition) is 4. The van der Waals surface area contributed by atoms with Gasteiger partial charge in [-0.1, -0.05) is 6.92 Å². The molecule has 0 aliphatic heterocycles. The molecular weight excluding hydrogens is 314 g/mol. The lowest BCUT2D eigenvalue weighted by Gasteiger charge is -2.26. The normalized spacial score (nSPS) is 12.2. The third-order valence-electron chi connectivity index (χ3n) is 4.03. The van der Waals surface area contributed by atoms with Crippen molar-refractivity contribution in [3.63, 3.8) is 0 Å². The molecule has 5 nitrogen and oxygen atoms in total. The number of ether oxygens (including phenoxy) is 1. The molecule has 0 radical (unpaired) electrons. The minimum absolute atomic E-state index is 0.127. The van der Waals surface area contributed by atoms with Crippen molar-refractivity contribution in [2.24, 2.45) is 0 Å². The van der Waals surface area contributed by atoms with Crippen LogP contribution in [0.15, 0.2) is 18.2 Å². The fourth-order valence-corrected chi connectivity index (χ4v) is 3.60. The molecule has 2 rings (SSSR count). The van der Waals surface area contributed by atoms with E-state index in [4.69, 9.17) is 9.84 Å². The molecule has 1 heterocycles. The third-order valence-corrected chi connectivity index (χ3v) is 5.29. The number of rotatable bonds is 6. The molecule has 0 bridgehead atoms. The highest BCUT2D eigenvalue weighted by Crippen LogP contribution is 2.34. The highest BCUT2D eigenvalue weighted by atomic mass is 32.1. The first kappa shape index (κ1) is 17.3. The summed E-state index contributed by atoms with van der Waals surface area (Å²) in [5.41, 5.74) is 0.868. The van der Waals surface area contributed by atoms with Crippen LogP contribution in [0.5, 0.6) is 5.75 Å². The first-order valence-corrected chi connectivity index (χ1v) is 8.30. The predicted octanol–water partition coefficient (Wildman–Crippen LogP) is 3.54. The largest absolute Gasteiger partial charge is 0.497 e. The van der Waals surface area contributed by atoms with E-state index >= 15 is 0 Å². The zero-order chi connectivity index (χ0) is 17.1. The maximum absolute atomic E-state index is 12.9. The van der Waals surface area contributed by atoms with Crippen LogP contribution in [0.1, 0.15) is 35.5 Å².